The van der Waals surface area contributed by atoms with E-state index in [0.29, 0.717) is 0 Å². The number of aliphatic hydroxyl groups is 1. The summed E-state index contributed by atoms with van der Waals surface area (Å²) in [7, 11) is 0. The van der Waals surface area contributed by atoms with Crippen molar-refractivity contribution in [2.45, 2.75) is 31.7 Å². The van der Waals surface area contributed by atoms with Gasteiger partial charge in [-0.15, -0.1) is 5.10 Å². The molecule has 2 atom stereocenters. The minimum absolute atomic E-state index is 0.0621. The Morgan fingerprint density at radius 3 is 2.26 bits per heavy atom. The molecule has 8 heteroatoms. The fraction of sp³-hybridized carbons (Fsp3) is 0.304. The Labute approximate surface area is 180 Å². The molecule has 1 aromatic heterocycles. The molecule has 0 saturated heterocycles. The molecule has 4 N–H and O–H groups in total. The third-order valence-corrected chi connectivity index (χ3v) is 5.66. The first-order chi connectivity index (χ1) is 14.8. The molecule has 0 aliphatic carbocycles. The van der Waals surface area contributed by atoms with Crippen molar-refractivity contribution in [2.75, 3.05) is 6.61 Å². The maximum absolute atomic E-state index is 12.6. The Kier molecular flexibility index (Phi) is 6.81. The van der Waals surface area contributed by atoms with Gasteiger partial charge >= 0.3 is 5.97 Å². The van der Waals surface area contributed by atoms with Crippen LogP contribution in [-0.4, -0.2) is 50.1 Å². The van der Waals surface area contributed by atoms with E-state index in [1.54, 1.807) is 0 Å². The molecule has 0 radical (unpaired) electrons. The van der Waals surface area contributed by atoms with Gasteiger partial charge in [0, 0.05) is 11.5 Å². The Balaban J connectivity index is 1.89. The molecule has 0 saturated carbocycles. The van der Waals surface area contributed by atoms with Crippen molar-refractivity contribution in [1.29, 1.82) is 0 Å². The van der Waals surface area contributed by atoms with Gasteiger partial charge in [0.15, 0.2) is 0 Å². The zero-order chi connectivity index (χ0) is 22.4. The summed E-state index contributed by atoms with van der Waals surface area (Å²) >= 11 is 0. The summed E-state index contributed by atoms with van der Waals surface area (Å²) in [6.07, 6.45) is 1.36. The van der Waals surface area contributed by atoms with Crippen molar-refractivity contribution in [1.82, 2.24) is 20.7 Å². The number of aromatic nitrogens is 3. The van der Waals surface area contributed by atoms with Crippen LogP contribution in [0.2, 0.25) is 0 Å². The Morgan fingerprint density at radius 2 is 1.71 bits per heavy atom. The van der Waals surface area contributed by atoms with Crippen molar-refractivity contribution < 1.29 is 19.8 Å². The number of carboxylic acid groups (broad SMARTS) is 1. The normalized spacial score (nSPS) is 13.4. The lowest BCUT2D eigenvalue weighted by molar-refractivity contribution is -0.143. The van der Waals surface area contributed by atoms with Crippen LogP contribution in [0.1, 0.15) is 36.3 Å². The molecule has 0 spiro atoms. The largest absolute Gasteiger partial charge is 0.481 e. The summed E-state index contributed by atoms with van der Waals surface area (Å²) in [4.78, 5) is 24.2. The number of H-pyrrole nitrogens is 1. The average Bonchev–Trinajstić information content (AvgIpc) is 3.32. The van der Waals surface area contributed by atoms with E-state index in [4.69, 9.17) is 0 Å². The molecule has 0 unspecified atom stereocenters. The first-order valence-corrected chi connectivity index (χ1v) is 9.99. The van der Waals surface area contributed by atoms with E-state index < -0.39 is 35.9 Å². The van der Waals surface area contributed by atoms with Gasteiger partial charge in [-0.3, -0.25) is 14.7 Å². The number of aromatic amines is 1. The van der Waals surface area contributed by atoms with Gasteiger partial charge < -0.3 is 15.5 Å². The number of amides is 1. The van der Waals surface area contributed by atoms with Gasteiger partial charge in [-0.05, 0) is 23.1 Å². The van der Waals surface area contributed by atoms with Crippen LogP contribution in [0.5, 0.6) is 0 Å². The van der Waals surface area contributed by atoms with Gasteiger partial charge in [0.25, 0.3) is 5.91 Å². The highest BCUT2D eigenvalue weighted by atomic mass is 16.4. The lowest BCUT2D eigenvalue weighted by Crippen LogP contribution is -2.49. The minimum atomic E-state index is -1.11. The summed E-state index contributed by atoms with van der Waals surface area (Å²) in [5, 5.41) is 31.6. The zero-order valence-electron chi connectivity index (χ0n) is 17.4. The van der Waals surface area contributed by atoms with Crippen LogP contribution in [0, 0.1) is 5.92 Å². The molecule has 0 bridgehead atoms. The zero-order valence-corrected chi connectivity index (χ0v) is 17.4. The number of carboxylic acids is 1. The van der Waals surface area contributed by atoms with Crippen LogP contribution >= 0.6 is 0 Å². The molecule has 1 amide bonds. The lowest BCUT2D eigenvalue weighted by atomic mass is 9.74. The fourth-order valence-corrected chi connectivity index (χ4v) is 3.54. The first-order valence-electron chi connectivity index (χ1n) is 9.99. The SMILES string of the molecule is CC(C)(c1ccc(-c2ccccc2)cc1)[C@H](C[C@@H](CO)C(=O)O)NC(=O)c1cnn[nH]1. The number of aliphatic carboxylic acids is 1. The molecule has 3 aromatic rings. The smallest absolute Gasteiger partial charge is 0.308 e. The summed E-state index contributed by atoms with van der Waals surface area (Å²) in [6, 6.07) is 17.4. The van der Waals surface area contributed by atoms with Crippen LogP contribution in [0.25, 0.3) is 11.1 Å². The van der Waals surface area contributed by atoms with E-state index in [9.17, 15) is 19.8 Å². The van der Waals surface area contributed by atoms with Crippen molar-refractivity contribution in [3.63, 3.8) is 0 Å². The average molecular weight is 422 g/mol. The fourth-order valence-electron chi connectivity index (χ4n) is 3.54. The number of benzene rings is 2. The van der Waals surface area contributed by atoms with E-state index in [1.807, 2.05) is 68.4 Å². The van der Waals surface area contributed by atoms with Crippen molar-refractivity contribution >= 4 is 11.9 Å². The Hall–Kier alpha value is -3.52. The molecular formula is C23H26N4O4. The molecule has 31 heavy (non-hydrogen) atoms. The molecule has 0 aliphatic rings. The van der Waals surface area contributed by atoms with Crippen LogP contribution in [-0.2, 0) is 10.2 Å². The van der Waals surface area contributed by atoms with Gasteiger partial charge in [-0.1, -0.05) is 73.7 Å². The monoisotopic (exact) mass is 422 g/mol. The molecule has 0 aliphatic heterocycles. The first kappa shape index (κ1) is 22.2. The van der Waals surface area contributed by atoms with Gasteiger partial charge in [0.1, 0.15) is 5.69 Å². The van der Waals surface area contributed by atoms with Crippen molar-refractivity contribution in [3.8, 4) is 11.1 Å². The molecular weight excluding hydrogens is 396 g/mol. The maximum Gasteiger partial charge on any atom is 0.308 e. The predicted octanol–water partition coefficient (Wildman–Crippen LogP) is 2.63. The number of nitrogens with one attached hydrogen (secondary N) is 2. The summed E-state index contributed by atoms with van der Waals surface area (Å²) in [6.45, 7) is 3.37. The van der Waals surface area contributed by atoms with Gasteiger partial charge in [-0.25, -0.2) is 0 Å². The Morgan fingerprint density at radius 1 is 1.06 bits per heavy atom. The second-order valence-electron chi connectivity index (χ2n) is 8.01. The standard InChI is InChI=1S/C23H26N4O4/c1-23(2,18-10-8-16(9-11-18)15-6-4-3-5-7-15)20(12-17(14-28)22(30)31)25-21(29)19-13-24-27-26-19/h3-11,13,17,20,28H,12,14H2,1-2H3,(H,25,29)(H,30,31)(H,24,26,27)/t17-,20-/m0/s1. The van der Waals surface area contributed by atoms with E-state index >= 15 is 0 Å². The van der Waals surface area contributed by atoms with Crippen LogP contribution in [0.4, 0.5) is 0 Å². The maximum atomic E-state index is 12.6. The second kappa shape index (κ2) is 9.53. The third kappa shape index (κ3) is 5.16. The van der Waals surface area contributed by atoms with Gasteiger partial charge in [0.05, 0.1) is 18.7 Å². The highest BCUT2D eigenvalue weighted by Crippen LogP contribution is 2.32. The third-order valence-electron chi connectivity index (χ3n) is 5.66. The van der Waals surface area contributed by atoms with E-state index in [1.165, 1.54) is 6.20 Å². The summed E-state index contributed by atoms with van der Waals surface area (Å²) < 4.78 is 0. The second-order valence-corrected chi connectivity index (χ2v) is 8.01. The van der Waals surface area contributed by atoms with Crippen LogP contribution in [0.15, 0.2) is 60.8 Å². The van der Waals surface area contributed by atoms with Gasteiger partial charge in [-0.2, -0.15) is 0 Å². The van der Waals surface area contributed by atoms with Crippen LogP contribution < -0.4 is 5.32 Å². The van der Waals surface area contributed by atoms with E-state index in [-0.39, 0.29) is 12.1 Å². The molecule has 1 heterocycles. The number of carbonyl (C=O) groups is 2. The summed E-state index contributed by atoms with van der Waals surface area (Å²) in [5.41, 5.74) is 2.64. The lowest BCUT2D eigenvalue weighted by Gasteiger charge is -2.37. The highest BCUT2D eigenvalue weighted by molar-refractivity contribution is 5.92. The molecule has 8 nitrogen and oxygen atoms in total. The summed E-state index contributed by atoms with van der Waals surface area (Å²) in [5.74, 6) is -2.56. The highest BCUT2D eigenvalue weighted by Gasteiger charge is 2.36. The topological polar surface area (TPSA) is 128 Å². The molecule has 162 valence electrons. The molecule has 3 rings (SSSR count). The minimum Gasteiger partial charge on any atom is -0.481 e. The van der Waals surface area contributed by atoms with Crippen molar-refractivity contribution in [2.24, 2.45) is 5.92 Å². The predicted molar refractivity (Wildman–Crippen MR) is 115 cm³/mol. The van der Waals surface area contributed by atoms with E-state index in [2.05, 4.69) is 20.7 Å². The van der Waals surface area contributed by atoms with Crippen LogP contribution in [0.3, 0.4) is 0 Å². The molecule has 0 fully saturated rings. The van der Waals surface area contributed by atoms with E-state index in [0.717, 1.165) is 16.7 Å². The number of hydrogen-bond acceptors (Lipinski definition) is 5. The quantitative estimate of drug-likeness (QED) is 0.420. The Bertz CT molecular complexity index is 1000. The number of hydrogen-bond donors (Lipinski definition) is 4. The van der Waals surface area contributed by atoms with Crippen molar-refractivity contribution in [3.05, 3.63) is 72.1 Å². The number of carbonyl (C=O) groups excluding carboxylic acids is 1. The number of rotatable bonds is 9. The number of nitrogens with zero attached hydrogens (tertiary/aromatic N) is 2. The number of aliphatic hydroxyl groups excluding tert-OH is 1. The molecule has 2 aromatic carbocycles. The van der Waals surface area contributed by atoms with Gasteiger partial charge in [0.2, 0.25) is 0 Å².